The first-order chi connectivity index (χ1) is 14.3. The number of hydrogen-bond donors (Lipinski definition) is 1. The lowest BCUT2D eigenvalue weighted by Crippen LogP contribution is -2.45. The highest BCUT2D eigenvalue weighted by molar-refractivity contribution is 5.82. The van der Waals surface area contributed by atoms with Gasteiger partial charge in [0, 0.05) is 17.5 Å². The molecular formula is C24H26N2O4. The summed E-state index contributed by atoms with van der Waals surface area (Å²) < 4.78 is 10.8. The van der Waals surface area contributed by atoms with Crippen LogP contribution >= 0.6 is 0 Å². The topological polar surface area (TPSA) is 77.5 Å². The maximum atomic E-state index is 12.8. The SMILES string of the molecule is CC(C)(C)OC(=O)NC(Cc1ccc2ccccc2n1)C(=O)OCc1ccccc1. The van der Waals surface area contributed by atoms with Crippen LogP contribution in [0.1, 0.15) is 32.0 Å². The Labute approximate surface area is 176 Å². The summed E-state index contributed by atoms with van der Waals surface area (Å²) in [5, 5.41) is 3.63. The molecule has 0 fully saturated rings. The smallest absolute Gasteiger partial charge is 0.408 e. The molecule has 1 unspecified atom stereocenters. The third kappa shape index (κ3) is 6.30. The van der Waals surface area contributed by atoms with E-state index in [1.807, 2.05) is 66.7 Å². The van der Waals surface area contributed by atoms with Crippen molar-refractivity contribution in [3.05, 3.63) is 78.0 Å². The van der Waals surface area contributed by atoms with Gasteiger partial charge in [0.15, 0.2) is 0 Å². The second-order valence-electron chi connectivity index (χ2n) is 7.99. The number of nitrogens with zero attached hydrogens (tertiary/aromatic N) is 1. The quantitative estimate of drug-likeness (QED) is 0.614. The molecule has 1 aromatic heterocycles. The number of hydrogen-bond acceptors (Lipinski definition) is 5. The molecule has 156 valence electrons. The number of ether oxygens (including phenoxy) is 2. The predicted molar refractivity (Wildman–Crippen MR) is 115 cm³/mol. The van der Waals surface area contributed by atoms with E-state index in [4.69, 9.17) is 9.47 Å². The van der Waals surface area contributed by atoms with Gasteiger partial charge in [0.1, 0.15) is 18.2 Å². The number of alkyl carbamates (subject to hydrolysis) is 1. The summed E-state index contributed by atoms with van der Waals surface area (Å²) in [5.41, 5.74) is 1.69. The minimum absolute atomic E-state index is 0.122. The summed E-state index contributed by atoms with van der Waals surface area (Å²) in [4.78, 5) is 29.7. The summed E-state index contributed by atoms with van der Waals surface area (Å²) in [7, 11) is 0. The van der Waals surface area contributed by atoms with E-state index in [1.54, 1.807) is 20.8 Å². The molecule has 0 saturated heterocycles. The van der Waals surface area contributed by atoms with Gasteiger partial charge < -0.3 is 14.8 Å². The standard InChI is InChI=1S/C24H26N2O4/c1-24(2,3)30-23(28)26-21(22(27)29-16-17-9-5-4-6-10-17)15-19-14-13-18-11-7-8-12-20(18)25-19/h4-14,21H,15-16H2,1-3H3,(H,26,28). The third-order valence-corrected chi connectivity index (χ3v) is 4.27. The Morgan fingerprint density at radius 1 is 0.967 bits per heavy atom. The molecule has 0 bridgehead atoms. The van der Waals surface area contributed by atoms with Gasteiger partial charge in [-0.15, -0.1) is 0 Å². The zero-order valence-corrected chi connectivity index (χ0v) is 17.4. The number of nitrogens with one attached hydrogen (secondary N) is 1. The van der Waals surface area contributed by atoms with E-state index in [1.165, 1.54) is 0 Å². The Kier molecular flexibility index (Phi) is 6.67. The van der Waals surface area contributed by atoms with Crippen LogP contribution in [0.2, 0.25) is 0 Å². The molecular weight excluding hydrogens is 380 g/mol. The average molecular weight is 406 g/mol. The largest absolute Gasteiger partial charge is 0.459 e. The van der Waals surface area contributed by atoms with Crippen LogP contribution in [-0.2, 0) is 27.3 Å². The van der Waals surface area contributed by atoms with Crippen molar-refractivity contribution in [3.8, 4) is 0 Å². The molecule has 1 atom stereocenters. The minimum atomic E-state index is -0.919. The number of carbonyl (C=O) groups is 2. The minimum Gasteiger partial charge on any atom is -0.459 e. The number of aromatic nitrogens is 1. The van der Waals surface area contributed by atoms with Crippen LogP contribution in [-0.4, -0.2) is 28.7 Å². The summed E-state index contributed by atoms with van der Waals surface area (Å²) in [6.45, 7) is 5.41. The zero-order chi connectivity index (χ0) is 21.6. The molecule has 0 saturated carbocycles. The number of carbonyl (C=O) groups excluding carboxylic acids is 2. The van der Waals surface area contributed by atoms with Gasteiger partial charge in [0.25, 0.3) is 0 Å². The van der Waals surface area contributed by atoms with E-state index in [-0.39, 0.29) is 13.0 Å². The van der Waals surface area contributed by atoms with Crippen molar-refractivity contribution in [1.82, 2.24) is 10.3 Å². The molecule has 0 aliphatic rings. The number of amides is 1. The molecule has 3 rings (SSSR count). The average Bonchev–Trinajstić information content (AvgIpc) is 2.71. The van der Waals surface area contributed by atoms with E-state index in [2.05, 4.69) is 10.3 Å². The first kappa shape index (κ1) is 21.3. The molecule has 3 aromatic rings. The van der Waals surface area contributed by atoms with E-state index in [0.29, 0.717) is 5.69 Å². The van der Waals surface area contributed by atoms with Gasteiger partial charge in [0.2, 0.25) is 0 Å². The highest BCUT2D eigenvalue weighted by Gasteiger charge is 2.26. The molecule has 1 heterocycles. The number of fused-ring (bicyclic) bond motifs is 1. The normalized spacial score (nSPS) is 12.2. The van der Waals surface area contributed by atoms with Gasteiger partial charge >= 0.3 is 12.1 Å². The summed E-state index contributed by atoms with van der Waals surface area (Å²) in [6, 6.07) is 20.0. The molecule has 0 spiro atoms. The van der Waals surface area contributed by atoms with Gasteiger partial charge in [-0.1, -0.05) is 54.6 Å². The number of pyridine rings is 1. The lowest BCUT2D eigenvalue weighted by molar-refractivity contribution is -0.147. The Morgan fingerprint density at radius 2 is 1.67 bits per heavy atom. The fourth-order valence-electron chi connectivity index (χ4n) is 2.90. The molecule has 0 radical (unpaired) electrons. The first-order valence-corrected chi connectivity index (χ1v) is 9.85. The van der Waals surface area contributed by atoms with Crippen LogP contribution in [0.5, 0.6) is 0 Å². The second kappa shape index (κ2) is 9.39. The molecule has 1 N–H and O–H groups in total. The molecule has 2 aromatic carbocycles. The molecule has 0 aliphatic carbocycles. The fourth-order valence-corrected chi connectivity index (χ4v) is 2.90. The molecule has 30 heavy (non-hydrogen) atoms. The zero-order valence-electron chi connectivity index (χ0n) is 17.4. The van der Waals surface area contributed by atoms with Crippen molar-refractivity contribution in [1.29, 1.82) is 0 Å². The third-order valence-electron chi connectivity index (χ3n) is 4.27. The second-order valence-corrected chi connectivity index (χ2v) is 7.99. The molecule has 1 amide bonds. The van der Waals surface area contributed by atoms with E-state index >= 15 is 0 Å². The van der Waals surface area contributed by atoms with Crippen LogP contribution in [0.4, 0.5) is 4.79 Å². The highest BCUT2D eigenvalue weighted by atomic mass is 16.6. The monoisotopic (exact) mass is 406 g/mol. The van der Waals surface area contributed by atoms with Crippen LogP contribution in [0.15, 0.2) is 66.7 Å². The van der Waals surface area contributed by atoms with Crippen LogP contribution in [0.25, 0.3) is 10.9 Å². The Hall–Kier alpha value is -3.41. The first-order valence-electron chi connectivity index (χ1n) is 9.85. The maximum absolute atomic E-state index is 12.8. The lowest BCUT2D eigenvalue weighted by atomic mass is 10.1. The number of para-hydroxylation sites is 1. The van der Waals surface area contributed by atoms with Crippen molar-refractivity contribution in [3.63, 3.8) is 0 Å². The van der Waals surface area contributed by atoms with E-state index in [0.717, 1.165) is 16.5 Å². The lowest BCUT2D eigenvalue weighted by Gasteiger charge is -2.23. The van der Waals surface area contributed by atoms with Gasteiger partial charge in [-0.2, -0.15) is 0 Å². The molecule has 0 aliphatic heterocycles. The van der Waals surface area contributed by atoms with Crippen molar-refractivity contribution in [2.75, 3.05) is 0 Å². The van der Waals surface area contributed by atoms with Crippen molar-refractivity contribution >= 4 is 23.0 Å². The van der Waals surface area contributed by atoms with E-state index in [9.17, 15) is 9.59 Å². The number of esters is 1. The number of rotatable bonds is 6. The van der Waals surface area contributed by atoms with Crippen LogP contribution < -0.4 is 5.32 Å². The van der Waals surface area contributed by atoms with Crippen LogP contribution in [0, 0.1) is 0 Å². The van der Waals surface area contributed by atoms with Crippen molar-refractivity contribution in [2.24, 2.45) is 0 Å². The number of benzene rings is 2. The predicted octanol–water partition coefficient (Wildman–Crippen LogP) is 4.41. The Morgan fingerprint density at radius 3 is 2.40 bits per heavy atom. The van der Waals surface area contributed by atoms with Crippen molar-refractivity contribution in [2.45, 2.75) is 45.4 Å². The van der Waals surface area contributed by atoms with Gasteiger partial charge in [-0.3, -0.25) is 4.98 Å². The van der Waals surface area contributed by atoms with Gasteiger partial charge in [-0.05, 0) is 38.5 Å². The highest BCUT2D eigenvalue weighted by Crippen LogP contribution is 2.14. The van der Waals surface area contributed by atoms with Gasteiger partial charge in [-0.25, -0.2) is 9.59 Å². The maximum Gasteiger partial charge on any atom is 0.408 e. The molecule has 6 nitrogen and oxygen atoms in total. The van der Waals surface area contributed by atoms with E-state index < -0.39 is 23.7 Å². The van der Waals surface area contributed by atoms with Gasteiger partial charge in [0.05, 0.1) is 5.52 Å². The Bertz CT molecular complexity index is 1010. The fraction of sp³-hybridized carbons (Fsp3) is 0.292. The summed E-state index contributed by atoms with van der Waals surface area (Å²) in [5.74, 6) is -0.542. The van der Waals surface area contributed by atoms with Crippen LogP contribution in [0.3, 0.4) is 0 Å². The Balaban J connectivity index is 1.74. The van der Waals surface area contributed by atoms with Crippen molar-refractivity contribution < 1.29 is 19.1 Å². The molecule has 6 heteroatoms. The summed E-state index contributed by atoms with van der Waals surface area (Å²) >= 11 is 0. The summed E-state index contributed by atoms with van der Waals surface area (Å²) in [6.07, 6.45) is -0.484.